The molecule has 1 N–H and O–H groups in total. The number of carbonyl (C=O) groups is 1. The van der Waals surface area contributed by atoms with Crippen LogP contribution < -0.4 is 5.32 Å². The Balaban J connectivity index is 3.89. The van der Waals surface area contributed by atoms with Gasteiger partial charge in [-0.15, -0.1) is 0 Å². The molecule has 3 nitrogen and oxygen atoms in total. The summed E-state index contributed by atoms with van der Waals surface area (Å²) in [6, 6.07) is 0. The van der Waals surface area contributed by atoms with Crippen molar-refractivity contribution in [1.82, 2.24) is 5.32 Å². The summed E-state index contributed by atoms with van der Waals surface area (Å²) in [5.74, 6) is -0.144. The van der Waals surface area contributed by atoms with Gasteiger partial charge in [0, 0.05) is 12.7 Å². The summed E-state index contributed by atoms with van der Waals surface area (Å²) < 4.78 is 4.83. The monoisotopic (exact) mass is 197 g/mol. The van der Waals surface area contributed by atoms with Crippen LogP contribution in [0.25, 0.3) is 0 Å². The lowest BCUT2D eigenvalue weighted by Crippen LogP contribution is -2.10. The summed E-state index contributed by atoms with van der Waals surface area (Å²) in [5.41, 5.74) is 1.04. The second-order valence-corrected chi connectivity index (χ2v) is 2.77. The maximum absolute atomic E-state index is 11.0. The van der Waals surface area contributed by atoms with E-state index in [9.17, 15) is 4.79 Å². The van der Waals surface area contributed by atoms with Crippen molar-refractivity contribution < 1.29 is 9.53 Å². The maximum Gasteiger partial charge on any atom is 0.306 e. The van der Waals surface area contributed by atoms with Gasteiger partial charge in [-0.25, -0.2) is 0 Å². The predicted molar refractivity (Wildman–Crippen MR) is 57.8 cm³/mol. The third-order valence-electron chi connectivity index (χ3n) is 1.71. The number of nitrogens with one attached hydrogen (secondary N) is 1. The van der Waals surface area contributed by atoms with E-state index in [1.165, 1.54) is 0 Å². The fraction of sp³-hybridized carbons (Fsp3) is 0.545. The fourth-order valence-corrected chi connectivity index (χ4v) is 0.974. The molecule has 0 rings (SSSR count). The average molecular weight is 197 g/mol. The number of esters is 1. The first-order chi connectivity index (χ1) is 6.74. The summed E-state index contributed by atoms with van der Waals surface area (Å²) in [5, 5.41) is 3.04. The van der Waals surface area contributed by atoms with Crippen molar-refractivity contribution in [1.29, 1.82) is 0 Å². The first-order valence-electron chi connectivity index (χ1n) is 4.89. The number of rotatable bonds is 6. The minimum absolute atomic E-state index is 0.144. The predicted octanol–water partition coefficient (Wildman–Crippen LogP) is 2.01. The standard InChI is InChI=1S/C11H19NO2/c1-4-6-7-10(12-3)8-9-11(13)14-5-2/h4,6-7,12H,5,8-9H2,1-3H3/b6-4-,10-7-. The van der Waals surface area contributed by atoms with Crippen molar-refractivity contribution in [2.24, 2.45) is 0 Å². The lowest BCUT2D eigenvalue weighted by atomic mass is 10.2. The number of hydrogen-bond donors (Lipinski definition) is 1. The van der Waals surface area contributed by atoms with Crippen molar-refractivity contribution in [2.75, 3.05) is 13.7 Å². The molecule has 80 valence electrons. The van der Waals surface area contributed by atoms with Crippen LogP contribution in [0.15, 0.2) is 23.9 Å². The summed E-state index contributed by atoms with van der Waals surface area (Å²) in [7, 11) is 1.85. The second-order valence-electron chi connectivity index (χ2n) is 2.77. The van der Waals surface area contributed by atoms with Crippen LogP contribution in [-0.2, 0) is 9.53 Å². The van der Waals surface area contributed by atoms with Gasteiger partial charge in [-0.1, -0.05) is 12.2 Å². The minimum Gasteiger partial charge on any atom is -0.466 e. The van der Waals surface area contributed by atoms with Crippen LogP contribution in [0.1, 0.15) is 26.7 Å². The van der Waals surface area contributed by atoms with Crippen molar-refractivity contribution in [3.8, 4) is 0 Å². The number of allylic oxidation sites excluding steroid dienone is 4. The number of ether oxygens (including phenoxy) is 1. The first kappa shape index (κ1) is 12.8. The molecule has 0 atom stereocenters. The summed E-state index contributed by atoms with van der Waals surface area (Å²) >= 11 is 0. The zero-order valence-electron chi connectivity index (χ0n) is 9.17. The highest BCUT2D eigenvalue weighted by Crippen LogP contribution is 2.02. The van der Waals surface area contributed by atoms with Gasteiger partial charge in [-0.2, -0.15) is 0 Å². The molecule has 0 spiro atoms. The highest BCUT2D eigenvalue weighted by Gasteiger charge is 2.02. The topological polar surface area (TPSA) is 38.3 Å². The second kappa shape index (κ2) is 8.35. The van der Waals surface area contributed by atoms with Crippen LogP contribution in [0, 0.1) is 0 Å². The van der Waals surface area contributed by atoms with Gasteiger partial charge in [-0.05, 0) is 26.3 Å². The van der Waals surface area contributed by atoms with Crippen molar-refractivity contribution in [2.45, 2.75) is 26.7 Å². The normalized spacial score (nSPS) is 11.8. The Bertz CT molecular complexity index is 219. The first-order valence-corrected chi connectivity index (χ1v) is 4.89. The molecule has 0 amide bonds. The molecule has 0 bridgehead atoms. The Kier molecular flexibility index (Phi) is 7.61. The van der Waals surface area contributed by atoms with Gasteiger partial charge in [-0.3, -0.25) is 4.79 Å². The highest BCUT2D eigenvalue weighted by atomic mass is 16.5. The van der Waals surface area contributed by atoms with Gasteiger partial charge in [0.15, 0.2) is 0 Å². The number of carbonyl (C=O) groups excluding carboxylic acids is 1. The third kappa shape index (κ3) is 6.29. The van der Waals surface area contributed by atoms with Crippen molar-refractivity contribution >= 4 is 5.97 Å². The van der Waals surface area contributed by atoms with E-state index < -0.39 is 0 Å². The molecule has 0 fully saturated rings. The summed E-state index contributed by atoms with van der Waals surface area (Å²) in [6.45, 7) is 4.22. The molecule has 0 aromatic carbocycles. The SMILES string of the molecule is C/C=C\C=C(\CCC(=O)OCC)NC. The molecule has 0 aliphatic heterocycles. The third-order valence-corrected chi connectivity index (χ3v) is 1.71. The van der Waals surface area contributed by atoms with E-state index in [4.69, 9.17) is 4.74 Å². The number of hydrogen-bond acceptors (Lipinski definition) is 3. The van der Waals surface area contributed by atoms with E-state index in [0.29, 0.717) is 19.4 Å². The lowest BCUT2D eigenvalue weighted by molar-refractivity contribution is -0.143. The van der Waals surface area contributed by atoms with E-state index in [1.54, 1.807) is 0 Å². The van der Waals surface area contributed by atoms with Crippen LogP contribution >= 0.6 is 0 Å². The summed E-state index contributed by atoms with van der Waals surface area (Å²) in [4.78, 5) is 11.0. The van der Waals surface area contributed by atoms with E-state index in [-0.39, 0.29) is 5.97 Å². The molecule has 0 radical (unpaired) electrons. The molecule has 0 heterocycles. The molecule has 0 saturated carbocycles. The van der Waals surface area contributed by atoms with Crippen LogP contribution in [0.3, 0.4) is 0 Å². The van der Waals surface area contributed by atoms with Crippen LogP contribution in [-0.4, -0.2) is 19.6 Å². The highest BCUT2D eigenvalue weighted by molar-refractivity contribution is 5.69. The molecule has 0 aliphatic carbocycles. The quantitative estimate of drug-likeness (QED) is 0.523. The molecular formula is C11H19NO2. The Morgan fingerprint density at radius 1 is 1.43 bits per heavy atom. The average Bonchev–Trinajstić information content (AvgIpc) is 2.19. The Labute approximate surface area is 85.8 Å². The Morgan fingerprint density at radius 3 is 2.64 bits per heavy atom. The molecule has 3 heteroatoms. The van der Waals surface area contributed by atoms with E-state index >= 15 is 0 Å². The van der Waals surface area contributed by atoms with Gasteiger partial charge < -0.3 is 10.1 Å². The molecule has 0 aromatic rings. The van der Waals surface area contributed by atoms with Crippen LogP contribution in [0.4, 0.5) is 0 Å². The Hall–Kier alpha value is -1.25. The maximum atomic E-state index is 11.0. The minimum atomic E-state index is -0.144. The molecule has 0 aliphatic rings. The van der Waals surface area contributed by atoms with Gasteiger partial charge in [0.1, 0.15) is 0 Å². The van der Waals surface area contributed by atoms with E-state index in [2.05, 4.69) is 5.32 Å². The smallest absolute Gasteiger partial charge is 0.306 e. The molecule has 14 heavy (non-hydrogen) atoms. The van der Waals surface area contributed by atoms with Gasteiger partial charge in [0.05, 0.1) is 13.0 Å². The largest absolute Gasteiger partial charge is 0.466 e. The molecule has 0 aromatic heterocycles. The van der Waals surface area contributed by atoms with Gasteiger partial charge >= 0.3 is 5.97 Å². The van der Waals surface area contributed by atoms with E-state index in [1.807, 2.05) is 39.1 Å². The van der Waals surface area contributed by atoms with E-state index in [0.717, 1.165) is 5.70 Å². The van der Waals surface area contributed by atoms with Gasteiger partial charge in [0.25, 0.3) is 0 Å². The zero-order chi connectivity index (χ0) is 10.8. The lowest BCUT2D eigenvalue weighted by Gasteiger charge is -2.05. The van der Waals surface area contributed by atoms with Crippen molar-refractivity contribution in [3.05, 3.63) is 23.9 Å². The zero-order valence-corrected chi connectivity index (χ0v) is 9.17. The van der Waals surface area contributed by atoms with Crippen molar-refractivity contribution in [3.63, 3.8) is 0 Å². The molecule has 0 unspecified atom stereocenters. The molecular weight excluding hydrogens is 178 g/mol. The van der Waals surface area contributed by atoms with Crippen LogP contribution in [0.2, 0.25) is 0 Å². The molecule has 0 saturated heterocycles. The van der Waals surface area contributed by atoms with Gasteiger partial charge in [0.2, 0.25) is 0 Å². The Morgan fingerprint density at radius 2 is 2.14 bits per heavy atom. The fourth-order valence-electron chi connectivity index (χ4n) is 0.974. The summed E-state index contributed by atoms with van der Waals surface area (Å²) in [6.07, 6.45) is 6.97. The van der Waals surface area contributed by atoms with Crippen LogP contribution in [0.5, 0.6) is 0 Å².